The van der Waals surface area contributed by atoms with Crippen molar-refractivity contribution in [1.82, 2.24) is 15.3 Å². The van der Waals surface area contributed by atoms with Gasteiger partial charge in [0.25, 0.3) is 0 Å². The Labute approximate surface area is 93.3 Å². The molecule has 1 unspecified atom stereocenters. The van der Waals surface area contributed by atoms with E-state index in [2.05, 4.69) is 15.3 Å². The third-order valence-corrected chi connectivity index (χ3v) is 2.56. The minimum atomic E-state index is -0.824. The van der Waals surface area contributed by atoms with Gasteiger partial charge in [0.15, 0.2) is 0 Å². The lowest BCUT2D eigenvalue weighted by molar-refractivity contribution is -0.139. The molecule has 1 fully saturated rings. The fourth-order valence-electron chi connectivity index (χ4n) is 1.74. The molecule has 0 aliphatic carbocycles. The molecule has 0 radical (unpaired) electrons. The first kappa shape index (κ1) is 10.8. The minimum Gasteiger partial charge on any atom is -0.480 e. The minimum absolute atomic E-state index is 0.436. The van der Waals surface area contributed by atoms with Gasteiger partial charge in [0.2, 0.25) is 0 Å². The molecule has 6 nitrogen and oxygen atoms in total. The summed E-state index contributed by atoms with van der Waals surface area (Å²) in [6.45, 7) is 3.67. The van der Waals surface area contributed by atoms with Crippen LogP contribution in [-0.2, 0) is 4.79 Å². The second-order valence-corrected chi connectivity index (χ2v) is 3.75. The zero-order valence-electron chi connectivity index (χ0n) is 9.05. The van der Waals surface area contributed by atoms with Crippen molar-refractivity contribution in [2.45, 2.75) is 13.0 Å². The van der Waals surface area contributed by atoms with E-state index in [0.29, 0.717) is 18.9 Å². The molecular formula is C10H14N4O2. The third kappa shape index (κ3) is 2.27. The molecule has 0 bridgehead atoms. The predicted molar refractivity (Wildman–Crippen MR) is 58.4 cm³/mol. The van der Waals surface area contributed by atoms with Crippen LogP contribution in [0.3, 0.4) is 0 Å². The third-order valence-electron chi connectivity index (χ3n) is 2.56. The maximum atomic E-state index is 10.9. The molecule has 2 rings (SSSR count). The fourth-order valence-corrected chi connectivity index (χ4v) is 1.74. The standard InChI is InChI=1S/C10H14N4O2/c1-7-11-3-2-9(13-7)14-5-4-12-8(6-14)10(15)16/h2-3,8,12H,4-6H2,1H3,(H,15,16). The van der Waals surface area contributed by atoms with Gasteiger partial charge in [0.05, 0.1) is 0 Å². The van der Waals surface area contributed by atoms with Crippen LogP contribution in [0.25, 0.3) is 0 Å². The summed E-state index contributed by atoms with van der Waals surface area (Å²) in [5, 5.41) is 11.9. The highest BCUT2D eigenvalue weighted by Gasteiger charge is 2.25. The van der Waals surface area contributed by atoms with Gasteiger partial charge in [-0.2, -0.15) is 0 Å². The van der Waals surface area contributed by atoms with Crippen LogP contribution < -0.4 is 10.2 Å². The van der Waals surface area contributed by atoms with Gasteiger partial charge in [-0.05, 0) is 13.0 Å². The number of carboxylic acids is 1. The summed E-state index contributed by atoms with van der Waals surface area (Å²) in [5.41, 5.74) is 0. The lowest BCUT2D eigenvalue weighted by Crippen LogP contribution is -2.54. The quantitative estimate of drug-likeness (QED) is 0.712. The molecule has 1 atom stereocenters. The largest absolute Gasteiger partial charge is 0.480 e. The number of piperazine rings is 1. The SMILES string of the molecule is Cc1nccc(N2CCNC(C(=O)O)C2)n1. The van der Waals surface area contributed by atoms with E-state index in [1.54, 1.807) is 12.3 Å². The number of rotatable bonds is 2. The smallest absolute Gasteiger partial charge is 0.322 e. The molecule has 0 aromatic carbocycles. The molecule has 1 aromatic heterocycles. The summed E-state index contributed by atoms with van der Waals surface area (Å²) in [7, 11) is 0. The molecule has 2 N–H and O–H groups in total. The lowest BCUT2D eigenvalue weighted by Gasteiger charge is -2.32. The molecular weight excluding hydrogens is 208 g/mol. The van der Waals surface area contributed by atoms with Crippen molar-refractivity contribution in [2.75, 3.05) is 24.5 Å². The van der Waals surface area contributed by atoms with Gasteiger partial charge in [-0.3, -0.25) is 4.79 Å². The van der Waals surface area contributed by atoms with E-state index < -0.39 is 12.0 Å². The summed E-state index contributed by atoms with van der Waals surface area (Å²) < 4.78 is 0. The number of hydrogen-bond acceptors (Lipinski definition) is 5. The Kier molecular flexibility index (Phi) is 3.00. The van der Waals surface area contributed by atoms with Crippen molar-refractivity contribution in [3.63, 3.8) is 0 Å². The molecule has 6 heteroatoms. The average molecular weight is 222 g/mol. The highest BCUT2D eigenvalue weighted by molar-refractivity contribution is 5.74. The van der Waals surface area contributed by atoms with Gasteiger partial charge in [-0.15, -0.1) is 0 Å². The zero-order valence-corrected chi connectivity index (χ0v) is 9.05. The summed E-state index contributed by atoms with van der Waals surface area (Å²) in [6, 6.07) is 1.28. The van der Waals surface area contributed by atoms with Crippen LogP contribution in [0, 0.1) is 6.92 Å². The highest BCUT2D eigenvalue weighted by Crippen LogP contribution is 2.12. The molecule has 0 saturated carbocycles. The molecule has 1 aliphatic rings. The second-order valence-electron chi connectivity index (χ2n) is 3.75. The van der Waals surface area contributed by atoms with E-state index in [4.69, 9.17) is 5.11 Å². The van der Waals surface area contributed by atoms with Crippen molar-refractivity contribution >= 4 is 11.8 Å². The van der Waals surface area contributed by atoms with Gasteiger partial charge < -0.3 is 15.3 Å². The Morgan fingerprint density at radius 1 is 1.69 bits per heavy atom. The fraction of sp³-hybridized carbons (Fsp3) is 0.500. The zero-order chi connectivity index (χ0) is 11.5. The first-order valence-electron chi connectivity index (χ1n) is 5.17. The maximum absolute atomic E-state index is 10.9. The van der Waals surface area contributed by atoms with Crippen molar-refractivity contribution in [3.05, 3.63) is 18.1 Å². The average Bonchev–Trinajstić information content (AvgIpc) is 2.29. The maximum Gasteiger partial charge on any atom is 0.322 e. The number of hydrogen-bond donors (Lipinski definition) is 2. The number of nitrogens with zero attached hydrogens (tertiary/aromatic N) is 3. The molecule has 0 amide bonds. The van der Waals surface area contributed by atoms with Gasteiger partial charge in [-0.25, -0.2) is 9.97 Å². The molecule has 1 aliphatic heterocycles. The number of nitrogens with one attached hydrogen (secondary N) is 1. The Balaban J connectivity index is 2.12. The summed E-state index contributed by atoms with van der Waals surface area (Å²) >= 11 is 0. The van der Waals surface area contributed by atoms with E-state index in [-0.39, 0.29) is 0 Å². The Morgan fingerprint density at radius 2 is 2.50 bits per heavy atom. The predicted octanol–water partition coefficient (Wildman–Crippen LogP) is -0.352. The molecule has 86 valence electrons. The first-order valence-corrected chi connectivity index (χ1v) is 5.17. The monoisotopic (exact) mass is 222 g/mol. The van der Waals surface area contributed by atoms with Crippen molar-refractivity contribution in [2.24, 2.45) is 0 Å². The number of aliphatic carboxylic acids is 1. The van der Waals surface area contributed by atoms with E-state index in [9.17, 15) is 4.79 Å². The van der Waals surface area contributed by atoms with Crippen LogP contribution in [0.15, 0.2) is 12.3 Å². The number of carbonyl (C=O) groups is 1. The highest BCUT2D eigenvalue weighted by atomic mass is 16.4. The van der Waals surface area contributed by atoms with Crippen LogP contribution in [-0.4, -0.2) is 46.7 Å². The normalized spacial score (nSPS) is 20.8. The van der Waals surface area contributed by atoms with E-state index in [1.165, 1.54) is 0 Å². The first-order chi connectivity index (χ1) is 7.66. The summed E-state index contributed by atoms with van der Waals surface area (Å²) in [6.07, 6.45) is 1.69. The Bertz CT molecular complexity index is 396. The molecule has 2 heterocycles. The van der Waals surface area contributed by atoms with Crippen LogP contribution in [0.5, 0.6) is 0 Å². The number of aromatic nitrogens is 2. The summed E-state index contributed by atoms with van der Waals surface area (Å²) in [4.78, 5) is 21.1. The van der Waals surface area contributed by atoms with Gasteiger partial charge in [-0.1, -0.05) is 0 Å². The van der Waals surface area contributed by atoms with Gasteiger partial charge >= 0.3 is 5.97 Å². The van der Waals surface area contributed by atoms with Crippen LogP contribution >= 0.6 is 0 Å². The lowest BCUT2D eigenvalue weighted by atomic mass is 10.2. The van der Waals surface area contributed by atoms with Crippen LogP contribution in [0.4, 0.5) is 5.82 Å². The van der Waals surface area contributed by atoms with Crippen LogP contribution in [0.1, 0.15) is 5.82 Å². The van der Waals surface area contributed by atoms with Crippen molar-refractivity contribution in [3.8, 4) is 0 Å². The molecule has 16 heavy (non-hydrogen) atoms. The van der Waals surface area contributed by atoms with Crippen molar-refractivity contribution < 1.29 is 9.90 Å². The van der Waals surface area contributed by atoms with E-state index in [1.807, 2.05) is 11.8 Å². The molecule has 0 spiro atoms. The number of carboxylic acid groups (broad SMARTS) is 1. The topological polar surface area (TPSA) is 78.4 Å². The van der Waals surface area contributed by atoms with E-state index in [0.717, 1.165) is 12.4 Å². The Hall–Kier alpha value is -1.69. The summed E-state index contributed by atoms with van der Waals surface area (Å²) in [5.74, 6) is 0.665. The van der Waals surface area contributed by atoms with Gasteiger partial charge in [0.1, 0.15) is 17.7 Å². The number of anilines is 1. The molecule has 1 saturated heterocycles. The van der Waals surface area contributed by atoms with E-state index >= 15 is 0 Å². The second kappa shape index (κ2) is 4.44. The van der Waals surface area contributed by atoms with Gasteiger partial charge in [0, 0.05) is 25.8 Å². The van der Waals surface area contributed by atoms with Crippen LogP contribution in [0.2, 0.25) is 0 Å². The number of aryl methyl sites for hydroxylation is 1. The Morgan fingerprint density at radius 3 is 3.19 bits per heavy atom. The molecule has 1 aromatic rings. The van der Waals surface area contributed by atoms with Crippen molar-refractivity contribution in [1.29, 1.82) is 0 Å².